The lowest BCUT2D eigenvalue weighted by atomic mass is 10.1. The first-order chi connectivity index (χ1) is 7.11. The second-order valence-electron chi connectivity index (χ2n) is 3.88. The Bertz CT molecular complexity index is 200. The van der Waals surface area contributed by atoms with Crippen molar-refractivity contribution in [2.24, 2.45) is 0 Å². The number of hydrogen-bond acceptors (Lipinski definition) is 4. The van der Waals surface area contributed by atoms with E-state index in [0.29, 0.717) is 12.8 Å². The molecule has 0 saturated carbocycles. The Hall–Kier alpha value is -0.650. The van der Waals surface area contributed by atoms with Crippen molar-refractivity contribution in [2.45, 2.75) is 57.6 Å². The molecule has 0 aromatic rings. The Kier molecular flexibility index (Phi) is 5.01. The van der Waals surface area contributed by atoms with Crippen molar-refractivity contribution < 1.29 is 19.7 Å². The average molecular weight is 217 g/mol. The molecule has 88 valence electrons. The van der Waals surface area contributed by atoms with Crippen LogP contribution in [0.15, 0.2) is 0 Å². The van der Waals surface area contributed by atoms with E-state index < -0.39 is 18.6 Å². The van der Waals surface area contributed by atoms with Crippen molar-refractivity contribution in [3.63, 3.8) is 0 Å². The molecule has 0 aromatic heterocycles. The highest BCUT2D eigenvalue weighted by Crippen LogP contribution is 2.16. The van der Waals surface area contributed by atoms with Crippen molar-refractivity contribution in [3.05, 3.63) is 0 Å². The highest BCUT2D eigenvalue weighted by atomic mass is 16.6. The molecule has 0 spiro atoms. The first-order valence-corrected chi connectivity index (χ1v) is 5.42. The summed E-state index contributed by atoms with van der Waals surface area (Å²) in [6.45, 7) is 2.01. The molecule has 1 rings (SSSR count). The Balaban J connectivity index is 2.27. The maximum Gasteiger partial charge on any atom is 0.221 e. The van der Waals surface area contributed by atoms with Gasteiger partial charge >= 0.3 is 0 Å². The molecular weight excluding hydrogens is 198 g/mol. The second kappa shape index (κ2) is 6.05. The molecule has 1 amide bonds. The van der Waals surface area contributed by atoms with Gasteiger partial charge in [-0.2, -0.15) is 0 Å². The van der Waals surface area contributed by atoms with Gasteiger partial charge in [0.05, 0.1) is 6.10 Å². The predicted octanol–water partition coefficient (Wildman–Crippen LogP) is 0.109. The van der Waals surface area contributed by atoms with Gasteiger partial charge in [0, 0.05) is 19.3 Å². The van der Waals surface area contributed by atoms with Gasteiger partial charge in [0.1, 0.15) is 6.23 Å². The number of unbranched alkanes of at least 4 members (excludes halogenated alkanes) is 1. The largest absolute Gasteiger partial charge is 0.393 e. The number of carbonyl (C=O) groups is 1. The van der Waals surface area contributed by atoms with E-state index in [1.807, 2.05) is 6.92 Å². The van der Waals surface area contributed by atoms with E-state index in [2.05, 4.69) is 5.32 Å². The normalized spacial score (nSPS) is 31.3. The number of aliphatic hydroxyl groups excluding tert-OH is 2. The summed E-state index contributed by atoms with van der Waals surface area (Å²) >= 11 is 0. The third kappa shape index (κ3) is 4.59. The third-order valence-corrected chi connectivity index (χ3v) is 2.36. The Morgan fingerprint density at radius 1 is 1.47 bits per heavy atom. The monoisotopic (exact) mass is 217 g/mol. The van der Waals surface area contributed by atoms with Crippen molar-refractivity contribution >= 4 is 5.91 Å². The van der Waals surface area contributed by atoms with E-state index >= 15 is 0 Å². The maximum absolute atomic E-state index is 11.3. The standard InChI is InChI=1S/C10H19NO4/c1-2-3-4-8(13)11-9-5-7(12)6-10(14)15-9/h7,9-10,12,14H,2-6H2,1H3,(H,11,13)/t7-,9-,10+/m1/s1. The number of carbonyl (C=O) groups excluding carboxylic acids is 1. The van der Waals surface area contributed by atoms with E-state index in [1.54, 1.807) is 0 Å². The van der Waals surface area contributed by atoms with Crippen LogP contribution in [0.1, 0.15) is 39.0 Å². The van der Waals surface area contributed by atoms with Gasteiger partial charge in [-0.3, -0.25) is 4.79 Å². The van der Waals surface area contributed by atoms with E-state index in [-0.39, 0.29) is 12.3 Å². The van der Waals surface area contributed by atoms with Gasteiger partial charge in [0.25, 0.3) is 0 Å². The van der Waals surface area contributed by atoms with Crippen LogP contribution in [0.3, 0.4) is 0 Å². The molecule has 0 aliphatic carbocycles. The van der Waals surface area contributed by atoms with Crippen LogP contribution in [-0.4, -0.2) is 34.7 Å². The van der Waals surface area contributed by atoms with Gasteiger partial charge in [0.2, 0.25) is 5.91 Å². The van der Waals surface area contributed by atoms with Crippen LogP contribution in [0.25, 0.3) is 0 Å². The molecule has 0 unspecified atom stereocenters. The quantitative estimate of drug-likeness (QED) is 0.624. The molecule has 1 aliphatic rings. The molecule has 0 aromatic carbocycles. The van der Waals surface area contributed by atoms with E-state index in [4.69, 9.17) is 4.74 Å². The minimum Gasteiger partial charge on any atom is -0.393 e. The fourth-order valence-corrected chi connectivity index (χ4v) is 1.56. The molecule has 1 aliphatic heterocycles. The molecule has 1 heterocycles. The van der Waals surface area contributed by atoms with Gasteiger partial charge in [-0.25, -0.2) is 0 Å². The van der Waals surface area contributed by atoms with Crippen molar-refractivity contribution in [1.29, 1.82) is 0 Å². The number of nitrogens with one attached hydrogen (secondary N) is 1. The molecule has 3 N–H and O–H groups in total. The van der Waals surface area contributed by atoms with Crippen LogP contribution in [-0.2, 0) is 9.53 Å². The van der Waals surface area contributed by atoms with Crippen LogP contribution in [0.4, 0.5) is 0 Å². The lowest BCUT2D eigenvalue weighted by Crippen LogP contribution is -2.46. The summed E-state index contributed by atoms with van der Waals surface area (Å²) in [5, 5.41) is 21.2. The molecule has 5 nitrogen and oxygen atoms in total. The molecule has 5 heteroatoms. The number of amides is 1. The Labute approximate surface area is 89.4 Å². The van der Waals surface area contributed by atoms with Gasteiger partial charge in [-0.05, 0) is 6.42 Å². The highest BCUT2D eigenvalue weighted by Gasteiger charge is 2.27. The fraction of sp³-hybridized carbons (Fsp3) is 0.900. The molecule has 15 heavy (non-hydrogen) atoms. The third-order valence-electron chi connectivity index (χ3n) is 2.36. The summed E-state index contributed by atoms with van der Waals surface area (Å²) in [4.78, 5) is 11.3. The topological polar surface area (TPSA) is 78.8 Å². The summed E-state index contributed by atoms with van der Waals surface area (Å²) in [5.41, 5.74) is 0. The lowest BCUT2D eigenvalue weighted by Gasteiger charge is -2.30. The summed E-state index contributed by atoms with van der Waals surface area (Å²) in [6, 6.07) is 0. The average Bonchev–Trinajstić information content (AvgIpc) is 2.13. The van der Waals surface area contributed by atoms with Crippen molar-refractivity contribution in [2.75, 3.05) is 0 Å². The zero-order valence-corrected chi connectivity index (χ0v) is 8.98. The second-order valence-corrected chi connectivity index (χ2v) is 3.88. The van der Waals surface area contributed by atoms with Crippen LogP contribution >= 0.6 is 0 Å². The van der Waals surface area contributed by atoms with Gasteiger partial charge < -0.3 is 20.3 Å². The van der Waals surface area contributed by atoms with Crippen molar-refractivity contribution in [3.8, 4) is 0 Å². The summed E-state index contributed by atoms with van der Waals surface area (Å²) in [7, 11) is 0. The lowest BCUT2D eigenvalue weighted by molar-refractivity contribution is -0.197. The van der Waals surface area contributed by atoms with E-state index in [1.165, 1.54) is 0 Å². The summed E-state index contributed by atoms with van der Waals surface area (Å²) in [5.74, 6) is -0.0943. The molecular formula is C10H19NO4. The Morgan fingerprint density at radius 3 is 2.80 bits per heavy atom. The van der Waals surface area contributed by atoms with Gasteiger partial charge in [-0.15, -0.1) is 0 Å². The first kappa shape index (κ1) is 12.4. The number of rotatable bonds is 4. The van der Waals surface area contributed by atoms with Crippen LogP contribution in [0.5, 0.6) is 0 Å². The zero-order chi connectivity index (χ0) is 11.3. The highest BCUT2D eigenvalue weighted by molar-refractivity contribution is 5.75. The number of ether oxygens (including phenoxy) is 1. The smallest absolute Gasteiger partial charge is 0.221 e. The SMILES string of the molecule is CCCCC(=O)N[C@H]1C[C@@H](O)C[C@@H](O)O1. The first-order valence-electron chi connectivity index (χ1n) is 5.42. The zero-order valence-electron chi connectivity index (χ0n) is 8.98. The summed E-state index contributed by atoms with van der Waals surface area (Å²) < 4.78 is 5.07. The molecule has 3 atom stereocenters. The van der Waals surface area contributed by atoms with Crippen LogP contribution < -0.4 is 5.32 Å². The molecule has 1 saturated heterocycles. The Morgan fingerprint density at radius 2 is 2.20 bits per heavy atom. The van der Waals surface area contributed by atoms with E-state index in [0.717, 1.165) is 12.8 Å². The minimum atomic E-state index is -0.981. The number of hydrogen-bond donors (Lipinski definition) is 3. The molecule has 0 radical (unpaired) electrons. The minimum absolute atomic E-state index is 0.0943. The molecule has 0 bridgehead atoms. The van der Waals surface area contributed by atoms with Gasteiger partial charge in [-0.1, -0.05) is 13.3 Å². The number of aliphatic hydroxyl groups is 2. The van der Waals surface area contributed by atoms with Crippen LogP contribution in [0.2, 0.25) is 0 Å². The molecule has 1 fully saturated rings. The van der Waals surface area contributed by atoms with E-state index in [9.17, 15) is 15.0 Å². The fourth-order valence-electron chi connectivity index (χ4n) is 1.56. The maximum atomic E-state index is 11.3. The van der Waals surface area contributed by atoms with Gasteiger partial charge in [0.15, 0.2) is 6.29 Å². The van der Waals surface area contributed by atoms with Crippen LogP contribution in [0, 0.1) is 0 Å². The summed E-state index contributed by atoms with van der Waals surface area (Å²) in [6.07, 6.45) is 0.663. The van der Waals surface area contributed by atoms with Crippen molar-refractivity contribution in [1.82, 2.24) is 5.32 Å². The predicted molar refractivity (Wildman–Crippen MR) is 53.8 cm³/mol.